The quantitative estimate of drug-likeness (QED) is 0.516. The number of carbonyl (C=O) groups is 1. The van der Waals surface area contributed by atoms with Crippen LogP contribution in [0.1, 0.15) is 13.3 Å². The fourth-order valence-corrected chi connectivity index (χ4v) is 2.41. The molecule has 6 heteroatoms. The number of nitrogens with zero attached hydrogens (tertiary/aromatic N) is 2. The zero-order valence-electron chi connectivity index (χ0n) is 10.0. The standard InChI is InChI=1S/C12H14IN3O2/c1-8(17)18-7-3-6-16-10-5-2-4-9(13)11(10)15-12(16)14/h2,4-5H,3,6-7H2,1H3,(H2,14,15). The van der Waals surface area contributed by atoms with E-state index >= 15 is 0 Å². The molecule has 0 fully saturated rings. The second-order valence-electron chi connectivity index (χ2n) is 3.92. The summed E-state index contributed by atoms with van der Waals surface area (Å²) >= 11 is 2.24. The van der Waals surface area contributed by atoms with E-state index in [4.69, 9.17) is 10.5 Å². The molecule has 0 aliphatic carbocycles. The van der Waals surface area contributed by atoms with Crippen molar-refractivity contribution in [2.24, 2.45) is 0 Å². The van der Waals surface area contributed by atoms with Crippen LogP contribution in [0.5, 0.6) is 0 Å². The summed E-state index contributed by atoms with van der Waals surface area (Å²) < 4.78 is 7.93. The molecule has 0 aliphatic rings. The van der Waals surface area contributed by atoms with Crippen molar-refractivity contribution in [2.45, 2.75) is 19.9 Å². The number of rotatable bonds is 4. The van der Waals surface area contributed by atoms with Gasteiger partial charge in [-0.2, -0.15) is 0 Å². The first-order chi connectivity index (χ1) is 8.59. The van der Waals surface area contributed by atoms with Gasteiger partial charge in [-0.3, -0.25) is 4.79 Å². The summed E-state index contributed by atoms with van der Waals surface area (Å²) in [4.78, 5) is 15.0. The normalized spacial score (nSPS) is 10.8. The molecule has 0 saturated carbocycles. The smallest absolute Gasteiger partial charge is 0.302 e. The number of anilines is 1. The van der Waals surface area contributed by atoms with Crippen molar-refractivity contribution in [1.82, 2.24) is 9.55 Å². The van der Waals surface area contributed by atoms with Gasteiger partial charge in [-0.25, -0.2) is 4.98 Å². The molecule has 0 amide bonds. The van der Waals surface area contributed by atoms with E-state index in [-0.39, 0.29) is 5.97 Å². The first-order valence-corrected chi connectivity index (χ1v) is 6.71. The third-order valence-electron chi connectivity index (χ3n) is 2.59. The Morgan fingerprint density at radius 3 is 3.06 bits per heavy atom. The first kappa shape index (κ1) is 13.1. The molecule has 0 bridgehead atoms. The number of halogens is 1. The number of hydrogen-bond acceptors (Lipinski definition) is 4. The monoisotopic (exact) mass is 359 g/mol. The number of imidazole rings is 1. The van der Waals surface area contributed by atoms with Crippen LogP contribution in [0.4, 0.5) is 5.95 Å². The predicted molar refractivity (Wildman–Crippen MR) is 78.1 cm³/mol. The Balaban J connectivity index is 2.15. The molecule has 1 heterocycles. The number of ether oxygens (including phenoxy) is 1. The van der Waals surface area contributed by atoms with Gasteiger partial charge in [0.25, 0.3) is 0 Å². The summed E-state index contributed by atoms with van der Waals surface area (Å²) in [5.41, 5.74) is 7.84. The fourth-order valence-electron chi connectivity index (χ4n) is 1.80. The van der Waals surface area contributed by atoms with Crippen LogP contribution in [0.2, 0.25) is 0 Å². The average Bonchev–Trinajstić information content (AvgIpc) is 2.63. The highest BCUT2D eigenvalue weighted by atomic mass is 127. The molecule has 2 rings (SSSR count). The number of aryl methyl sites for hydroxylation is 1. The number of hydrogen-bond donors (Lipinski definition) is 1. The molecule has 2 N–H and O–H groups in total. The van der Waals surface area contributed by atoms with E-state index in [9.17, 15) is 4.79 Å². The van der Waals surface area contributed by atoms with Gasteiger partial charge in [0.15, 0.2) is 0 Å². The molecule has 1 aromatic carbocycles. The van der Waals surface area contributed by atoms with E-state index in [1.54, 1.807) is 0 Å². The highest BCUT2D eigenvalue weighted by molar-refractivity contribution is 14.1. The van der Waals surface area contributed by atoms with Crippen molar-refractivity contribution in [1.29, 1.82) is 0 Å². The van der Waals surface area contributed by atoms with Gasteiger partial charge >= 0.3 is 5.97 Å². The van der Waals surface area contributed by atoms with E-state index < -0.39 is 0 Å². The Morgan fingerprint density at radius 1 is 1.56 bits per heavy atom. The second-order valence-corrected chi connectivity index (χ2v) is 5.08. The highest BCUT2D eigenvalue weighted by Gasteiger charge is 2.09. The molecule has 0 radical (unpaired) electrons. The maximum Gasteiger partial charge on any atom is 0.302 e. The van der Waals surface area contributed by atoms with E-state index in [0.717, 1.165) is 21.0 Å². The molecule has 18 heavy (non-hydrogen) atoms. The van der Waals surface area contributed by atoms with Gasteiger partial charge in [-0.15, -0.1) is 0 Å². The summed E-state index contributed by atoms with van der Waals surface area (Å²) in [6, 6.07) is 5.97. The lowest BCUT2D eigenvalue weighted by molar-refractivity contribution is -0.141. The lowest BCUT2D eigenvalue weighted by atomic mass is 10.3. The number of nitrogens with two attached hydrogens (primary N) is 1. The van der Waals surface area contributed by atoms with Crippen LogP contribution in [-0.4, -0.2) is 22.1 Å². The van der Waals surface area contributed by atoms with Crippen molar-refractivity contribution >= 4 is 45.5 Å². The van der Waals surface area contributed by atoms with Gasteiger partial charge < -0.3 is 15.0 Å². The lowest BCUT2D eigenvalue weighted by Crippen LogP contribution is -2.07. The molecule has 0 spiro atoms. The van der Waals surface area contributed by atoms with Crippen LogP contribution >= 0.6 is 22.6 Å². The van der Waals surface area contributed by atoms with Crippen LogP contribution in [0.3, 0.4) is 0 Å². The molecule has 0 saturated heterocycles. The van der Waals surface area contributed by atoms with Crippen molar-refractivity contribution in [2.75, 3.05) is 12.3 Å². The van der Waals surface area contributed by atoms with E-state index in [2.05, 4.69) is 27.6 Å². The van der Waals surface area contributed by atoms with Gasteiger partial charge in [0, 0.05) is 17.0 Å². The summed E-state index contributed by atoms with van der Waals surface area (Å²) in [7, 11) is 0. The van der Waals surface area contributed by atoms with Gasteiger partial charge in [-0.05, 0) is 41.1 Å². The third kappa shape index (κ3) is 2.74. The average molecular weight is 359 g/mol. The Labute approximate surface area is 118 Å². The van der Waals surface area contributed by atoms with Gasteiger partial charge in [-0.1, -0.05) is 6.07 Å². The minimum Gasteiger partial charge on any atom is -0.466 e. The van der Waals surface area contributed by atoms with Crippen LogP contribution in [0.25, 0.3) is 11.0 Å². The van der Waals surface area contributed by atoms with Crippen molar-refractivity contribution < 1.29 is 9.53 Å². The zero-order valence-corrected chi connectivity index (χ0v) is 12.2. The number of para-hydroxylation sites is 1. The molecule has 1 aromatic heterocycles. The molecule has 0 aliphatic heterocycles. The van der Waals surface area contributed by atoms with E-state index in [0.29, 0.717) is 19.1 Å². The largest absolute Gasteiger partial charge is 0.466 e. The number of esters is 1. The van der Waals surface area contributed by atoms with Gasteiger partial charge in [0.05, 0.1) is 12.1 Å². The molecule has 96 valence electrons. The van der Waals surface area contributed by atoms with Crippen LogP contribution < -0.4 is 5.73 Å². The maximum absolute atomic E-state index is 10.7. The summed E-state index contributed by atoms with van der Waals surface area (Å²) in [6.45, 7) is 2.50. The number of carbonyl (C=O) groups excluding carboxylic acids is 1. The SMILES string of the molecule is CC(=O)OCCCn1c(N)nc2c(I)cccc21. The summed E-state index contributed by atoms with van der Waals surface area (Å²) in [6.07, 6.45) is 0.723. The van der Waals surface area contributed by atoms with E-state index in [1.165, 1.54) is 6.92 Å². The number of benzene rings is 1. The van der Waals surface area contributed by atoms with Gasteiger partial charge in [0.1, 0.15) is 5.52 Å². The first-order valence-electron chi connectivity index (χ1n) is 5.63. The highest BCUT2D eigenvalue weighted by Crippen LogP contribution is 2.22. The van der Waals surface area contributed by atoms with Gasteiger partial charge in [0.2, 0.25) is 5.95 Å². The Morgan fingerprint density at radius 2 is 2.33 bits per heavy atom. The van der Waals surface area contributed by atoms with E-state index in [1.807, 2.05) is 22.8 Å². The zero-order chi connectivity index (χ0) is 13.1. The molecule has 5 nitrogen and oxygen atoms in total. The molecule has 0 atom stereocenters. The molecule has 0 unspecified atom stereocenters. The van der Waals surface area contributed by atoms with Crippen LogP contribution in [-0.2, 0) is 16.1 Å². The summed E-state index contributed by atoms with van der Waals surface area (Å²) in [5.74, 6) is 0.241. The Hall–Kier alpha value is -1.31. The third-order valence-corrected chi connectivity index (χ3v) is 3.46. The summed E-state index contributed by atoms with van der Waals surface area (Å²) in [5, 5.41) is 0. The van der Waals surface area contributed by atoms with Crippen LogP contribution in [0, 0.1) is 3.57 Å². The topological polar surface area (TPSA) is 70.1 Å². The predicted octanol–water partition coefficient (Wildman–Crippen LogP) is 2.18. The minimum atomic E-state index is -0.256. The molecular weight excluding hydrogens is 345 g/mol. The van der Waals surface area contributed by atoms with Crippen molar-refractivity contribution in [3.05, 3.63) is 21.8 Å². The number of nitrogen functional groups attached to an aromatic ring is 1. The van der Waals surface area contributed by atoms with Crippen molar-refractivity contribution in [3.8, 4) is 0 Å². The maximum atomic E-state index is 10.7. The molecular formula is C12H14IN3O2. The Bertz CT molecular complexity index is 580. The van der Waals surface area contributed by atoms with Crippen LogP contribution in [0.15, 0.2) is 18.2 Å². The fraction of sp³-hybridized carbons (Fsp3) is 0.333. The lowest BCUT2D eigenvalue weighted by Gasteiger charge is -2.06. The van der Waals surface area contributed by atoms with Crippen molar-refractivity contribution in [3.63, 3.8) is 0 Å². The number of aromatic nitrogens is 2. The minimum absolute atomic E-state index is 0.256. The second kappa shape index (κ2) is 5.55. The molecule has 2 aromatic rings. The Kier molecular flexibility index (Phi) is 4.05. The number of fused-ring (bicyclic) bond motifs is 1.